The number of aromatic nitrogens is 6. The van der Waals surface area contributed by atoms with Crippen molar-refractivity contribution in [2.45, 2.75) is 38.0 Å². The normalized spacial score (nSPS) is 15.9. The minimum absolute atomic E-state index is 0.0641. The van der Waals surface area contributed by atoms with Crippen molar-refractivity contribution in [3.8, 4) is 35.2 Å². The minimum Gasteiger partial charge on any atom is -0.489 e. The lowest BCUT2D eigenvalue weighted by atomic mass is 10.1. The molecule has 3 atom stereocenters. The van der Waals surface area contributed by atoms with Crippen molar-refractivity contribution in [1.29, 1.82) is 0 Å². The summed E-state index contributed by atoms with van der Waals surface area (Å²) in [6.07, 6.45) is 0.279. The molecule has 4 heterocycles. The van der Waals surface area contributed by atoms with E-state index in [1.807, 2.05) is 60.7 Å². The number of H-pyrrole nitrogens is 2. The van der Waals surface area contributed by atoms with Crippen molar-refractivity contribution in [3.63, 3.8) is 0 Å². The molecule has 6 aromatic rings. The van der Waals surface area contributed by atoms with Gasteiger partial charge in [-0.05, 0) is 54.4 Å². The topological polar surface area (TPSA) is 247 Å². The number of nitrogens with zero attached hydrogens (tertiary/aromatic N) is 6. The lowest BCUT2D eigenvalue weighted by Gasteiger charge is -2.23. The van der Waals surface area contributed by atoms with E-state index in [1.165, 1.54) is 9.80 Å². The number of rotatable bonds is 22. The highest BCUT2D eigenvalue weighted by atomic mass is 16.6. The van der Waals surface area contributed by atoms with E-state index in [0.29, 0.717) is 111 Å². The van der Waals surface area contributed by atoms with E-state index in [4.69, 9.17) is 33.2 Å². The summed E-state index contributed by atoms with van der Waals surface area (Å²) in [7, 11) is 3.24. The fourth-order valence-electron chi connectivity index (χ4n) is 7.87. The first-order valence-corrected chi connectivity index (χ1v) is 24.6. The zero-order valence-corrected chi connectivity index (χ0v) is 42.3. The highest BCUT2D eigenvalue weighted by Gasteiger charge is 2.37. The quantitative estimate of drug-likeness (QED) is 0.0563. The van der Waals surface area contributed by atoms with E-state index >= 15 is 0 Å². The number of benzene rings is 4. The second-order valence-electron chi connectivity index (χ2n) is 17.4. The van der Waals surface area contributed by atoms with Gasteiger partial charge in [-0.1, -0.05) is 84.3 Å². The van der Waals surface area contributed by atoms with Crippen LogP contribution in [0, 0.1) is 23.7 Å². The first-order valence-electron chi connectivity index (χ1n) is 24.6. The van der Waals surface area contributed by atoms with Crippen LogP contribution in [0.1, 0.15) is 62.1 Å². The van der Waals surface area contributed by atoms with Gasteiger partial charge >= 0.3 is 0 Å². The summed E-state index contributed by atoms with van der Waals surface area (Å²) in [5.74, 6) is 12.1. The fourth-order valence-corrected chi connectivity index (χ4v) is 7.87. The Balaban J connectivity index is 0.641. The van der Waals surface area contributed by atoms with Gasteiger partial charge < -0.3 is 53.6 Å². The van der Waals surface area contributed by atoms with E-state index in [0.717, 1.165) is 11.1 Å². The lowest BCUT2D eigenvalue weighted by Crippen LogP contribution is -2.53. The van der Waals surface area contributed by atoms with Gasteiger partial charge in [0.25, 0.3) is 23.6 Å². The van der Waals surface area contributed by atoms with Crippen molar-refractivity contribution >= 4 is 35.0 Å². The largest absolute Gasteiger partial charge is 0.489 e. The molecule has 76 heavy (non-hydrogen) atoms. The Bertz CT molecular complexity index is 3050. The van der Waals surface area contributed by atoms with Crippen LogP contribution < -0.4 is 29.9 Å². The average Bonchev–Trinajstić information content (AvgIpc) is 4.09. The van der Waals surface area contributed by atoms with Gasteiger partial charge in [-0.3, -0.25) is 29.4 Å². The molecule has 0 saturated heterocycles. The molecule has 2 aliphatic heterocycles. The van der Waals surface area contributed by atoms with Gasteiger partial charge in [-0.15, -0.1) is 10.2 Å². The van der Waals surface area contributed by atoms with Crippen LogP contribution >= 0.6 is 0 Å². The molecule has 0 saturated carbocycles. The summed E-state index contributed by atoms with van der Waals surface area (Å²) in [4.78, 5) is 64.6. The maximum Gasteiger partial charge on any atom is 0.291 e. The van der Waals surface area contributed by atoms with Gasteiger partial charge in [0, 0.05) is 38.1 Å². The third-order valence-electron chi connectivity index (χ3n) is 11.8. The van der Waals surface area contributed by atoms with Gasteiger partial charge in [0.05, 0.1) is 64.2 Å². The molecule has 8 rings (SSSR count). The van der Waals surface area contributed by atoms with Crippen LogP contribution in [0.4, 0.5) is 11.4 Å². The van der Waals surface area contributed by atoms with Crippen LogP contribution in [-0.4, -0.2) is 159 Å². The predicted octanol–water partition coefficient (Wildman–Crippen LogP) is 3.29. The number of carbonyl (C=O) groups excluding carboxylic acids is 4. The molecule has 394 valence electrons. The fraction of sp³-hybridized carbons (Fsp3) is 0.345. The Morgan fingerprint density at radius 2 is 1.08 bits per heavy atom. The summed E-state index contributed by atoms with van der Waals surface area (Å²) in [5, 5.41) is 19.1. The molecule has 2 aliphatic rings. The molecule has 0 bridgehead atoms. The summed E-state index contributed by atoms with van der Waals surface area (Å²) in [6, 6.07) is 28.0. The summed E-state index contributed by atoms with van der Waals surface area (Å²) >= 11 is 0. The summed E-state index contributed by atoms with van der Waals surface area (Å²) < 4.78 is 40.0. The number of hydrogen-bond donors (Lipinski definition) is 4. The summed E-state index contributed by atoms with van der Waals surface area (Å²) in [5.41, 5.74) is 4.39. The number of fused-ring (bicyclic) bond motifs is 2. The van der Waals surface area contributed by atoms with Gasteiger partial charge in [0.2, 0.25) is 11.6 Å². The molecule has 21 heteroatoms. The second kappa shape index (κ2) is 27.2. The van der Waals surface area contributed by atoms with Crippen LogP contribution in [-0.2, 0) is 46.1 Å². The Morgan fingerprint density at radius 1 is 0.618 bits per heavy atom. The zero-order valence-electron chi connectivity index (χ0n) is 42.3. The van der Waals surface area contributed by atoms with E-state index in [2.05, 4.69) is 64.7 Å². The molecule has 0 fully saturated rings. The van der Waals surface area contributed by atoms with Gasteiger partial charge in [-0.2, -0.15) is 0 Å². The molecule has 4 N–H and O–H groups in total. The standard InChI is InChI=1S/C55H58N10O11/c1-37-49(59-53(67)51-58-48(61-63-51)35-39-14-8-5-9-15-39)55(69)65(3)44-33-41(19-21-46(44)76-37)17-11-23-71-25-27-73-29-31-74-30-28-72-26-24-70-22-10-16-40-18-20-45-43(32-40)64(2)54(68)42(36-75-45)56-52(66)50-57-47(60-62-50)34-38-12-6-4-7-13-38/h4-9,12-15,18-21,32-33,37,42,49H,22-31,34-36H2,1-3H3,(H,56,66)(H,59,67)(H,57,60,62)(H,58,61,63)/t37-,42+,49+/m1/s1. The second-order valence-corrected chi connectivity index (χ2v) is 17.4. The molecule has 4 amide bonds. The molecule has 0 spiro atoms. The monoisotopic (exact) mass is 1030 g/mol. The van der Waals surface area contributed by atoms with Crippen molar-refractivity contribution in [2.24, 2.45) is 0 Å². The smallest absolute Gasteiger partial charge is 0.291 e. The maximum absolute atomic E-state index is 13.6. The number of anilines is 2. The average molecular weight is 1040 g/mol. The van der Waals surface area contributed by atoms with Crippen molar-refractivity contribution < 1.29 is 52.3 Å². The number of likely N-dealkylation sites (N-methyl/N-ethyl adjacent to an activating group) is 2. The molecule has 0 unspecified atom stereocenters. The van der Waals surface area contributed by atoms with Crippen molar-refractivity contribution in [2.75, 3.05) is 96.6 Å². The number of amides is 4. The highest BCUT2D eigenvalue weighted by molar-refractivity contribution is 6.03. The predicted molar refractivity (Wildman–Crippen MR) is 277 cm³/mol. The maximum atomic E-state index is 13.6. The number of carbonyl (C=O) groups is 4. The number of nitrogens with one attached hydrogen (secondary N) is 4. The SMILES string of the molecule is C[C@H]1Oc2ccc(C#CCOCCOCCOCCOCCOCC#Cc3ccc4c(c3)N(C)C(=O)[C@@H](NC(=O)c3n[nH]c(Cc5ccccc5)n3)CO4)cc2N(C)C(=O)[C@H]1NC(=O)c1n[nH]c(Cc2ccccc2)n1. The van der Waals surface area contributed by atoms with E-state index in [9.17, 15) is 19.2 Å². The van der Waals surface area contributed by atoms with Crippen molar-refractivity contribution in [3.05, 3.63) is 143 Å². The third-order valence-corrected chi connectivity index (χ3v) is 11.8. The Morgan fingerprint density at radius 3 is 1.61 bits per heavy atom. The van der Waals surface area contributed by atoms with Gasteiger partial charge in [-0.25, -0.2) is 9.97 Å². The first kappa shape index (κ1) is 53.8. The molecule has 0 radical (unpaired) electrons. The molecule has 2 aromatic heterocycles. The molecular weight excluding hydrogens is 977 g/mol. The van der Waals surface area contributed by atoms with Gasteiger partial charge in [0.1, 0.15) is 61.2 Å². The number of hydrogen-bond acceptors (Lipinski definition) is 15. The third kappa shape index (κ3) is 15.1. The summed E-state index contributed by atoms with van der Waals surface area (Å²) in [6.45, 7) is 5.02. The Kier molecular flexibility index (Phi) is 19.3. The van der Waals surface area contributed by atoms with Crippen LogP contribution in [0.3, 0.4) is 0 Å². The van der Waals surface area contributed by atoms with E-state index in [-0.39, 0.29) is 43.3 Å². The van der Waals surface area contributed by atoms with Crippen LogP contribution in [0.15, 0.2) is 97.1 Å². The van der Waals surface area contributed by atoms with Crippen LogP contribution in [0.5, 0.6) is 11.5 Å². The first-order chi connectivity index (χ1) is 37.1. The molecule has 0 aliphatic carbocycles. The molecule has 21 nitrogen and oxygen atoms in total. The highest BCUT2D eigenvalue weighted by Crippen LogP contribution is 2.34. The number of ether oxygens (including phenoxy) is 7. The van der Waals surface area contributed by atoms with Crippen LogP contribution in [0.2, 0.25) is 0 Å². The van der Waals surface area contributed by atoms with Crippen LogP contribution in [0.25, 0.3) is 0 Å². The minimum atomic E-state index is -0.991. The van der Waals surface area contributed by atoms with E-state index < -0.39 is 30.0 Å². The number of aromatic amines is 2. The van der Waals surface area contributed by atoms with Gasteiger partial charge in [0.15, 0.2) is 0 Å². The van der Waals surface area contributed by atoms with Crippen molar-refractivity contribution in [1.82, 2.24) is 41.0 Å². The zero-order chi connectivity index (χ0) is 53.1. The molecular formula is C55H58N10O11. The van der Waals surface area contributed by atoms with E-state index in [1.54, 1.807) is 57.4 Å². The molecule has 4 aromatic carbocycles. The lowest BCUT2D eigenvalue weighted by molar-refractivity contribution is -0.121. The Labute approximate surface area is 439 Å². The Hall–Kier alpha value is -8.44.